The van der Waals surface area contributed by atoms with Crippen molar-refractivity contribution < 1.29 is 53.9 Å². The molecule has 24 heavy (non-hydrogen) atoms. The van der Waals surface area contributed by atoms with Crippen LogP contribution >= 0.6 is 0 Å². The Hall–Kier alpha value is -2.22. The molecule has 0 bridgehead atoms. The maximum Gasteiger partial charge on any atom is 1.00 e. The van der Waals surface area contributed by atoms with Crippen LogP contribution in [0.3, 0.4) is 0 Å². The number of carboxylic acids is 1. The molecule has 0 unspecified atom stereocenters. The Morgan fingerprint density at radius 3 is 2.25 bits per heavy atom. The summed E-state index contributed by atoms with van der Waals surface area (Å²) in [5.41, 5.74) is -1.11. The minimum absolute atomic E-state index is 0. The number of nitro groups is 1. The number of hydrogen-bond donors (Lipinski definition) is 0. The van der Waals surface area contributed by atoms with E-state index in [2.05, 4.69) is 0 Å². The van der Waals surface area contributed by atoms with E-state index in [-0.39, 0.29) is 53.0 Å². The van der Waals surface area contributed by atoms with E-state index in [0.29, 0.717) is 0 Å². The Bertz CT molecular complexity index is 776. The molecule has 0 radical (unpaired) electrons. The molecule has 0 amide bonds. The van der Waals surface area contributed by atoms with Gasteiger partial charge in [-0.3, -0.25) is 14.9 Å². The molecule has 0 atom stereocenters. The summed E-state index contributed by atoms with van der Waals surface area (Å²) < 4.78 is 5.24. The summed E-state index contributed by atoms with van der Waals surface area (Å²) >= 11 is 0. The molecule has 7 nitrogen and oxygen atoms in total. The predicted molar refractivity (Wildman–Crippen MR) is 78.5 cm³/mol. The van der Waals surface area contributed by atoms with Crippen molar-refractivity contribution in [2.75, 3.05) is 6.61 Å². The summed E-state index contributed by atoms with van der Waals surface area (Å²) in [4.78, 5) is 34.1. The molecule has 118 valence electrons. The number of hydrogen-bond acceptors (Lipinski definition) is 6. The number of aromatic carboxylic acids is 1. The van der Waals surface area contributed by atoms with Crippen molar-refractivity contribution in [3.8, 4) is 5.75 Å². The molecule has 2 aromatic carbocycles. The van der Waals surface area contributed by atoms with Gasteiger partial charge in [-0.2, -0.15) is 0 Å². The normalized spacial score (nSPS) is 9.71. The van der Waals surface area contributed by atoms with Gasteiger partial charge < -0.3 is 14.6 Å². The van der Waals surface area contributed by atoms with Gasteiger partial charge in [0.1, 0.15) is 11.3 Å². The first-order valence-electron chi connectivity index (χ1n) is 6.72. The van der Waals surface area contributed by atoms with Gasteiger partial charge in [-0.25, -0.2) is 0 Å². The predicted octanol–water partition coefficient (Wildman–Crippen LogP) is -1.41. The molecule has 8 heteroatoms. The van der Waals surface area contributed by atoms with Gasteiger partial charge in [0, 0.05) is 17.2 Å². The maximum atomic E-state index is 12.6. The monoisotopic (exact) mass is 337 g/mol. The first kappa shape index (κ1) is 19.8. The van der Waals surface area contributed by atoms with Crippen LogP contribution in [0.5, 0.6) is 5.75 Å². The summed E-state index contributed by atoms with van der Waals surface area (Å²) in [5, 5.41) is 22.3. The summed E-state index contributed by atoms with van der Waals surface area (Å²) in [6.45, 7) is 1.73. The van der Waals surface area contributed by atoms with E-state index < -0.39 is 27.9 Å². The molecule has 0 heterocycles. The fourth-order valence-electron chi connectivity index (χ4n) is 2.09. The number of carboxylic acid groups (broad SMARTS) is 1. The largest absolute Gasteiger partial charge is 1.00 e. The van der Waals surface area contributed by atoms with E-state index in [4.69, 9.17) is 4.74 Å². The summed E-state index contributed by atoms with van der Waals surface area (Å²) in [6, 6.07) is 9.82. The van der Waals surface area contributed by atoms with Gasteiger partial charge >= 0.3 is 29.6 Å². The zero-order valence-corrected chi connectivity index (χ0v) is 15.1. The van der Waals surface area contributed by atoms with E-state index >= 15 is 0 Å². The van der Waals surface area contributed by atoms with Gasteiger partial charge in [0.15, 0.2) is 0 Å². The maximum absolute atomic E-state index is 12.6. The van der Waals surface area contributed by atoms with E-state index in [1.807, 2.05) is 0 Å². The molecule has 0 aliphatic carbocycles. The SMILES string of the molecule is CCOc1cc(C(=O)[O-])cc([N+](=O)[O-])c1C(=O)c1ccccc1.[Na+]. The standard InChI is InChI=1S/C16H13NO6.Na/c1-2-23-13-9-11(16(19)20)8-12(17(21)22)14(13)15(18)10-6-4-3-5-7-10;/h3-9H,2H2,1H3,(H,19,20);/q;+1/p-1. The Labute approximate surface area is 159 Å². The van der Waals surface area contributed by atoms with Crippen molar-refractivity contribution in [1.82, 2.24) is 0 Å². The minimum Gasteiger partial charge on any atom is -0.545 e. The van der Waals surface area contributed by atoms with Crippen LogP contribution in [0.4, 0.5) is 5.69 Å². The van der Waals surface area contributed by atoms with E-state index in [1.165, 1.54) is 12.1 Å². The average Bonchev–Trinajstić information content (AvgIpc) is 2.54. The molecular formula is C16H12NNaO6. The molecule has 0 N–H and O–H groups in total. The fourth-order valence-corrected chi connectivity index (χ4v) is 2.09. The number of benzene rings is 2. The summed E-state index contributed by atoms with van der Waals surface area (Å²) in [7, 11) is 0. The van der Waals surface area contributed by atoms with Gasteiger partial charge in [0.25, 0.3) is 5.69 Å². The third-order valence-electron chi connectivity index (χ3n) is 3.08. The molecule has 2 aromatic rings. The number of rotatable bonds is 6. The summed E-state index contributed by atoms with van der Waals surface area (Å²) in [5.74, 6) is -2.37. The summed E-state index contributed by atoms with van der Waals surface area (Å²) in [6.07, 6.45) is 0. The molecule has 0 fully saturated rings. The van der Waals surface area contributed by atoms with Crippen LogP contribution in [-0.4, -0.2) is 23.3 Å². The molecule has 0 spiro atoms. The molecule has 0 aliphatic rings. The Morgan fingerprint density at radius 2 is 1.75 bits per heavy atom. The van der Waals surface area contributed by atoms with E-state index in [1.54, 1.807) is 25.1 Å². The second kappa shape index (κ2) is 8.58. The van der Waals surface area contributed by atoms with Crippen molar-refractivity contribution in [2.24, 2.45) is 0 Å². The number of carbonyl (C=O) groups is 2. The molecule has 0 saturated heterocycles. The number of ether oxygens (including phenoxy) is 1. The van der Waals surface area contributed by atoms with Crippen LogP contribution in [-0.2, 0) is 0 Å². The molecule has 0 aromatic heterocycles. The van der Waals surface area contributed by atoms with E-state index in [9.17, 15) is 24.8 Å². The number of carbonyl (C=O) groups excluding carboxylic acids is 2. The zero-order valence-electron chi connectivity index (χ0n) is 13.1. The van der Waals surface area contributed by atoms with Gasteiger partial charge in [-0.05, 0) is 13.0 Å². The third kappa shape index (κ3) is 4.19. The number of ketones is 1. The van der Waals surface area contributed by atoms with Crippen LogP contribution in [0.2, 0.25) is 0 Å². The quantitative estimate of drug-likeness (QED) is 0.277. The molecular weight excluding hydrogens is 325 g/mol. The van der Waals surface area contributed by atoms with Crippen molar-refractivity contribution in [3.63, 3.8) is 0 Å². The van der Waals surface area contributed by atoms with Gasteiger partial charge in [0.05, 0.1) is 17.5 Å². The van der Waals surface area contributed by atoms with Crippen LogP contribution in [0.1, 0.15) is 33.2 Å². The van der Waals surface area contributed by atoms with Crippen LogP contribution in [0.25, 0.3) is 0 Å². The Morgan fingerprint density at radius 1 is 1.12 bits per heavy atom. The van der Waals surface area contributed by atoms with Crippen molar-refractivity contribution in [1.29, 1.82) is 0 Å². The molecule has 0 saturated carbocycles. The smallest absolute Gasteiger partial charge is 0.545 e. The second-order valence-electron chi connectivity index (χ2n) is 4.54. The van der Waals surface area contributed by atoms with Gasteiger partial charge in [-0.1, -0.05) is 30.3 Å². The van der Waals surface area contributed by atoms with Crippen LogP contribution in [0.15, 0.2) is 42.5 Å². The first-order chi connectivity index (χ1) is 11.0. The van der Waals surface area contributed by atoms with Crippen molar-refractivity contribution in [3.05, 3.63) is 69.3 Å². The van der Waals surface area contributed by atoms with Crippen molar-refractivity contribution >= 4 is 17.4 Å². The minimum atomic E-state index is -1.59. The van der Waals surface area contributed by atoms with Gasteiger partial charge in [-0.15, -0.1) is 0 Å². The average molecular weight is 337 g/mol. The second-order valence-corrected chi connectivity index (χ2v) is 4.54. The fraction of sp³-hybridized carbons (Fsp3) is 0.125. The van der Waals surface area contributed by atoms with Gasteiger partial charge in [0.2, 0.25) is 5.78 Å². The van der Waals surface area contributed by atoms with Crippen LogP contribution in [0, 0.1) is 10.1 Å². The third-order valence-corrected chi connectivity index (χ3v) is 3.08. The Kier molecular flexibility index (Phi) is 7.09. The van der Waals surface area contributed by atoms with Crippen LogP contribution < -0.4 is 39.4 Å². The zero-order chi connectivity index (χ0) is 17.0. The van der Waals surface area contributed by atoms with E-state index in [0.717, 1.165) is 12.1 Å². The number of nitrogens with zero attached hydrogens (tertiary/aromatic N) is 1. The molecule has 2 rings (SSSR count). The van der Waals surface area contributed by atoms with Crippen molar-refractivity contribution in [2.45, 2.75) is 6.92 Å². The first-order valence-corrected chi connectivity index (χ1v) is 6.72. The molecule has 0 aliphatic heterocycles. The number of nitro benzene ring substituents is 1. The topological polar surface area (TPSA) is 110 Å². The Balaban J connectivity index is 0.00000288.